The molecule has 4 nitrogen and oxygen atoms in total. The van der Waals surface area contributed by atoms with E-state index in [0.717, 1.165) is 6.07 Å². The summed E-state index contributed by atoms with van der Waals surface area (Å²) in [6.07, 6.45) is 0. The van der Waals surface area contributed by atoms with Gasteiger partial charge >= 0.3 is 0 Å². The zero-order valence-corrected chi connectivity index (χ0v) is 11.8. The summed E-state index contributed by atoms with van der Waals surface area (Å²) in [4.78, 5) is 0.0410. The number of rotatable bonds is 3. The SMILES string of the molecule is CC1CN(S(=O)(=O)c2ccc(F)c(CO)c2)CC1C. The largest absolute Gasteiger partial charge is 0.392 e. The molecule has 1 heterocycles. The number of hydrogen-bond donors (Lipinski definition) is 1. The number of sulfonamides is 1. The molecule has 0 saturated carbocycles. The fourth-order valence-corrected chi connectivity index (χ4v) is 3.95. The van der Waals surface area contributed by atoms with Crippen LogP contribution in [0.25, 0.3) is 0 Å². The highest BCUT2D eigenvalue weighted by atomic mass is 32.2. The Bertz CT molecular complexity index is 563. The molecule has 1 aliphatic heterocycles. The maximum atomic E-state index is 13.3. The summed E-state index contributed by atoms with van der Waals surface area (Å²) in [6.45, 7) is 4.49. The van der Waals surface area contributed by atoms with E-state index in [1.54, 1.807) is 0 Å². The first-order chi connectivity index (χ1) is 8.86. The van der Waals surface area contributed by atoms with Gasteiger partial charge in [0.05, 0.1) is 11.5 Å². The fourth-order valence-electron chi connectivity index (χ4n) is 2.25. The Morgan fingerprint density at radius 3 is 2.42 bits per heavy atom. The van der Waals surface area contributed by atoms with Crippen LogP contribution in [0.3, 0.4) is 0 Å². The molecule has 106 valence electrons. The van der Waals surface area contributed by atoms with Crippen molar-refractivity contribution < 1.29 is 17.9 Å². The number of benzene rings is 1. The molecule has 0 aromatic heterocycles. The van der Waals surface area contributed by atoms with Gasteiger partial charge in [-0.05, 0) is 30.0 Å². The van der Waals surface area contributed by atoms with Crippen LogP contribution in [-0.4, -0.2) is 30.9 Å². The van der Waals surface area contributed by atoms with Crippen molar-refractivity contribution in [2.24, 2.45) is 11.8 Å². The van der Waals surface area contributed by atoms with Crippen molar-refractivity contribution in [3.63, 3.8) is 0 Å². The van der Waals surface area contributed by atoms with Gasteiger partial charge in [0.15, 0.2) is 0 Å². The molecule has 1 aromatic rings. The zero-order chi connectivity index (χ0) is 14.2. The topological polar surface area (TPSA) is 57.6 Å². The molecule has 0 aliphatic carbocycles. The first kappa shape index (κ1) is 14.4. The highest BCUT2D eigenvalue weighted by molar-refractivity contribution is 7.89. The molecule has 0 bridgehead atoms. The normalized spacial score (nSPS) is 24.8. The summed E-state index contributed by atoms with van der Waals surface area (Å²) in [5.41, 5.74) is 0.00127. The lowest BCUT2D eigenvalue weighted by atomic mass is 10.0. The molecule has 0 spiro atoms. The molecule has 1 fully saturated rings. The minimum absolute atomic E-state index is 0.00127. The molecular weight excluding hydrogens is 269 g/mol. The van der Waals surface area contributed by atoms with Crippen LogP contribution in [0.4, 0.5) is 4.39 Å². The van der Waals surface area contributed by atoms with Gasteiger partial charge in [-0.2, -0.15) is 4.31 Å². The maximum absolute atomic E-state index is 13.3. The van der Waals surface area contributed by atoms with E-state index in [0.29, 0.717) is 24.9 Å². The van der Waals surface area contributed by atoms with Gasteiger partial charge in [0.2, 0.25) is 10.0 Å². The Morgan fingerprint density at radius 1 is 1.32 bits per heavy atom. The zero-order valence-electron chi connectivity index (χ0n) is 11.0. The Kier molecular flexibility index (Phi) is 3.94. The number of halogens is 1. The van der Waals surface area contributed by atoms with E-state index in [2.05, 4.69) is 0 Å². The van der Waals surface area contributed by atoms with E-state index in [4.69, 9.17) is 5.11 Å². The Hall–Kier alpha value is -0.980. The molecule has 19 heavy (non-hydrogen) atoms. The summed E-state index contributed by atoms with van der Waals surface area (Å²) >= 11 is 0. The van der Waals surface area contributed by atoms with Crippen LogP contribution in [0.15, 0.2) is 23.1 Å². The molecule has 2 unspecified atom stereocenters. The standard InChI is InChI=1S/C13H18FNO3S/c1-9-6-15(7-10(9)2)19(17,18)12-3-4-13(14)11(5-12)8-16/h3-5,9-10,16H,6-8H2,1-2H3. The summed E-state index contributed by atoms with van der Waals surface area (Å²) in [5, 5.41) is 9.01. The van der Waals surface area contributed by atoms with Gasteiger partial charge in [-0.1, -0.05) is 13.8 Å². The molecule has 1 N–H and O–H groups in total. The van der Waals surface area contributed by atoms with Crippen molar-refractivity contribution in [1.29, 1.82) is 0 Å². The molecule has 0 radical (unpaired) electrons. The number of hydrogen-bond acceptors (Lipinski definition) is 3. The monoisotopic (exact) mass is 287 g/mol. The van der Waals surface area contributed by atoms with Crippen LogP contribution < -0.4 is 0 Å². The predicted molar refractivity (Wildman–Crippen MR) is 69.4 cm³/mol. The number of nitrogens with zero attached hydrogens (tertiary/aromatic N) is 1. The van der Waals surface area contributed by atoms with E-state index in [-0.39, 0.29) is 10.5 Å². The van der Waals surface area contributed by atoms with Crippen molar-refractivity contribution in [3.05, 3.63) is 29.6 Å². The first-order valence-electron chi connectivity index (χ1n) is 6.25. The van der Waals surface area contributed by atoms with Crippen LogP contribution >= 0.6 is 0 Å². The molecule has 6 heteroatoms. The first-order valence-corrected chi connectivity index (χ1v) is 7.69. The van der Waals surface area contributed by atoms with Gasteiger partial charge in [-0.3, -0.25) is 0 Å². The van der Waals surface area contributed by atoms with Gasteiger partial charge in [0.25, 0.3) is 0 Å². The van der Waals surface area contributed by atoms with E-state index < -0.39 is 22.4 Å². The van der Waals surface area contributed by atoms with Crippen molar-refractivity contribution >= 4 is 10.0 Å². The molecular formula is C13H18FNO3S. The second-order valence-corrected chi connectivity index (χ2v) is 7.13. The molecule has 1 aromatic carbocycles. The van der Waals surface area contributed by atoms with Crippen LogP contribution in [0.2, 0.25) is 0 Å². The van der Waals surface area contributed by atoms with Gasteiger partial charge in [0.1, 0.15) is 5.82 Å². The highest BCUT2D eigenvalue weighted by Gasteiger charge is 2.35. The Labute approximate surface area is 112 Å². The van der Waals surface area contributed by atoms with Crippen LogP contribution in [-0.2, 0) is 16.6 Å². The minimum atomic E-state index is -3.60. The lowest BCUT2D eigenvalue weighted by molar-refractivity contribution is 0.275. The second kappa shape index (κ2) is 5.19. The third-order valence-corrected chi connectivity index (χ3v) is 5.61. The second-order valence-electron chi connectivity index (χ2n) is 5.19. The summed E-state index contributed by atoms with van der Waals surface area (Å²) in [7, 11) is -3.60. The molecule has 1 saturated heterocycles. The third kappa shape index (κ3) is 2.66. The van der Waals surface area contributed by atoms with Gasteiger partial charge in [-0.15, -0.1) is 0 Å². The van der Waals surface area contributed by atoms with Gasteiger partial charge in [0, 0.05) is 18.7 Å². The van der Waals surface area contributed by atoms with Crippen molar-refractivity contribution in [1.82, 2.24) is 4.31 Å². The van der Waals surface area contributed by atoms with Gasteiger partial charge < -0.3 is 5.11 Å². The Morgan fingerprint density at radius 2 is 1.89 bits per heavy atom. The van der Waals surface area contributed by atoms with E-state index in [9.17, 15) is 12.8 Å². The van der Waals surface area contributed by atoms with Crippen LogP contribution in [0.1, 0.15) is 19.4 Å². The van der Waals surface area contributed by atoms with E-state index >= 15 is 0 Å². The maximum Gasteiger partial charge on any atom is 0.243 e. The number of aliphatic hydroxyl groups is 1. The van der Waals surface area contributed by atoms with Crippen molar-refractivity contribution in [2.75, 3.05) is 13.1 Å². The van der Waals surface area contributed by atoms with Crippen molar-refractivity contribution in [3.8, 4) is 0 Å². The van der Waals surface area contributed by atoms with E-state index in [1.807, 2.05) is 13.8 Å². The highest BCUT2D eigenvalue weighted by Crippen LogP contribution is 2.28. The summed E-state index contributed by atoms with van der Waals surface area (Å²) in [6, 6.07) is 3.54. The summed E-state index contributed by atoms with van der Waals surface area (Å²) in [5.74, 6) is 0.0321. The molecule has 1 aliphatic rings. The average Bonchev–Trinajstić information content (AvgIpc) is 2.70. The lowest BCUT2D eigenvalue weighted by Gasteiger charge is -2.16. The molecule has 2 rings (SSSR count). The van der Waals surface area contributed by atoms with Crippen molar-refractivity contribution in [2.45, 2.75) is 25.3 Å². The smallest absolute Gasteiger partial charge is 0.243 e. The van der Waals surface area contributed by atoms with Gasteiger partial charge in [-0.25, -0.2) is 12.8 Å². The predicted octanol–water partition coefficient (Wildman–Crippen LogP) is 1.59. The van der Waals surface area contributed by atoms with E-state index in [1.165, 1.54) is 16.4 Å². The average molecular weight is 287 g/mol. The Balaban J connectivity index is 2.35. The number of aliphatic hydroxyl groups excluding tert-OH is 1. The molecule has 0 amide bonds. The fraction of sp³-hybridized carbons (Fsp3) is 0.538. The van der Waals surface area contributed by atoms with Crippen LogP contribution in [0, 0.1) is 17.7 Å². The molecule has 2 atom stereocenters. The van der Waals surface area contributed by atoms with Crippen LogP contribution in [0.5, 0.6) is 0 Å². The third-order valence-electron chi connectivity index (χ3n) is 3.78. The quantitative estimate of drug-likeness (QED) is 0.918. The lowest BCUT2D eigenvalue weighted by Crippen LogP contribution is -2.29. The summed E-state index contributed by atoms with van der Waals surface area (Å²) < 4.78 is 39.6. The minimum Gasteiger partial charge on any atom is -0.392 e.